The molecule has 0 unspecified atom stereocenters. The van der Waals surface area contributed by atoms with E-state index in [9.17, 15) is 10.1 Å². The van der Waals surface area contributed by atoms with Crippen molar-refractivity contribution in [1.29, 1.82) is 0 Å². The molecule has 0 radical (unpaired) electrons. The summed E-state index contributed by atoms with van der Waals surface area (Å²) < 4.78 is 1.96. The topological polar surface area (TPSA) is 61.0 Å². The third-order valence-electron chi connectivity index (χ3n) is 2.68. The van der Waals surface area contributed by atoms with E-state index in [4.69, 9.17) is 0 Å². The van der Waals surface area contributed by atoms with Crippen molar-refractivity contribution in [2.45, 2.75) is 18.9 Å². The SMILES string of the molecule is O=[N+]([O-])c1ccc2c(cnn2C2CC2)c1. The lowest BCUT2D eigenvalue weighted by Gasteiger charge is -1.99. The minimum atomic E-state index is -0.381. The van der Waals surface area contributed by atoms with Gasteiger partial charge in [0, 0.05) is 17.5 Å². The van der Waals surface area contributed by atoms with Gasteiger partial charge in [0.05, 0.1) is 22.7 Å². The van der Waals surface area contributed by atoms with E-state index in [1.807, 2.05) is 4.68 Å². The van der Waals surface area contributed by atoms with Gasteiger partial charge >= 0.3 is 0 Å². The van der Waals surface area contributed by atoms with Crippen LogP contribution in [0.15, 0.2) is 24.4 Å². The van der Waals surface area contributed by atoms with Gasteiger partial charge in [-0.05, 0) is 18.9 Å². The molecule has 0 saturated heterocycles. The molecule has 1 aliphatic rings. The minimum absolute atomic E-state index is 0.123. The number of benzene rings is 1. The van der Waals surface area contributed by atoms with Crippen LogP contribution in [-0.2, 0) is 0 Å². The van der Waals surface area contributed by atoms with Crippen molar-refractivity contribution in [2.75, 3.05) is 0 Å². The summed E-state index contributed by atoms with van der Waals surface area (Å²) in [6, 6.07) is 5.38. The highest BCUT2D eigenvalue weighted by Crippen LogP contribution is 2.36. The van der Waals surface area contributed by atoms with Gasteiger partial charge in [-0.2, -0.15) is 5.10 Å². The first-order chi connectivity index (χ1) is 7.25. The Labute approximate surface area is 85.5 Å². The summed E-state index contributed by atoms with van der Waals surface area (Å²) in [5, 5.41) is 15.7. The normalized spacial score (nSPS) is 15.7. The second kappa shape index (κ2) is 2.79. The van der Waals surface area contributed by atoms with E-state index >= 15 is 0 Å². The molecule has 0 spiro atoms. The fraction of sp³-hybridized carbons (Fsp3) is 0.300. The van der Waals surface area contributed by atoms with Crippen LogP contribution in [0.25, 0.3) is 10.9 Å². The molecule has 1 fully saturated rings. The standard InChI is InChI=1S/C10H9N3O2/c14-13(15)9-3-4-10-7(5-9)6-11-12(10)8-1-2-8/h3-6,8H,1-2H2. The summed E-state index contributed by atoms with van der Waals surface area (Å²) in [5.74, 6) is 0. The zero-order valence-corrected chi connectivity index (χ0v) is 7.96. The average molecular weight is 203 g/mol. The van der Waals surface area contributed by atoms with Gasteiger partial charge in [-0.1, -0.05) is 0 Å². The van der Waals surface area contributed by atoms with Gasteiger partial charge in [-0.25, -0.2) is 0 Å². The van der Waals surface area contributed by atoms with E-state index in [2.05, 4.69) is 5.10 Å². The molecule has 5 nitrogen and oxygen atoms in total. The molecule has 5 heteroatoms. The maximum Gasteiger partial charge on any atom is 0.270 e. The van der Waals surface area contributed by atoms with Crippen LogP contribution >= 0.6 is 0 Å². The van der Waals surface area contributed by atoms with Crippen LogP contribution in [0.4, 0.5) is 5.69 Å². The van der Waals surface area contributed by atoms with Gasteiger partial charge in [0.25, 0.3) is 5.69 Å². The molecular weight excluding hydrogens is 194 g/mol. The highest BCUT2D eigenvalue weighted by molar-refractivity contribution is 5.81. The molecular formula is C10H9N3O2. The molecule has 0 aliphatic heterocycles. The molecule has 15 heavy (non-hydrogen) atoms. The van der Waals surface area contributed by atoms with Crippen molar-refractivity contribution < 1.29 is 4.92 Å². The number of nitro groups is 1. The highest BCUT2D eigenvalue weighted by Gasteiger charge is 2.26. The lowest BCUT2D eigenvalue weighted by Crippen LogP contribution is -1.95. The van der Waals surface area contributed by atoms with Crippen LogP contribution in [0.3, 0.4) is 0 Å². The molecule has 76 valence electrons. The Morgan fingerprint density at radius 1 is 1.47 bits per heavy atom. The number of nitro benzene ring substituents is 1. The van der Waals surface area contributed by atoms with E-state index in [-0.39, 0.29) is 10.6 Å². The first-order valence-electron chi connectivity index (χ1n) is 4.87. The Bertz CT molecular complexity index is 543. The third-order valence-corrected chi connectivity index (χ3v) is 2.68. The molecule has 0 N–H and O–H groups in total. The summed E-state index contributed by atoms with van der Waals surface area (Å²) in [6.07, 6.45) is 4.02. The second-order valence-electron chi connectivity index (χ2n) is 3.82. The smallest absolute Gasteiger partial charge is 0.262 e. The lowest BCUT2D eigenvalue weighted by molar-refractivity contribution is -0.384. The predicted octanol–water partition coefficient (Wildman–Crippen LogP) is 2.28. The Morgan fingerprint density at radius 3 is 2.93 bits per heavy atom. The molecule has 1 aromatic carbocycles. The number of fused-ring (bicyclic) bond motifs is 1. The summed E-state index contributed by atoms with van der Waals surface area (Å²) in [7, 11) is 0. The number of hydrogen-bond donors (Lipinski definition) is 0. The van der Waals surface area contributed by atoms with Crippen LogP contribution in [0.1, 0.15) is 18.9 Å². The molecule has 2 aromatic rings. The zero-order valence-electron chi connectivity index (χ0n) is 7.96. The van der Waals surface area contributed by atoms with Gasteiger partial charge in [-0.15, -0.1) is 0 Å². The van der Waals surface area contributed by atoms with Crippen LogP contribution < -0.4 is 0 Å². The predicted molar refractivity (Wildman–Crippen MR) is 54.7 cm³/mol. The average Bonchev–Trinajstić information content (AvgIpc) is 2.98. The van der Waals surface area contributed by atoms with Crippen LogP contribution in [0.5, 0.6) is 0 Å². The zero-order chi connectivity index (χ0) is 10.4. The Hall–Kier alpha value is -1.91. The van der Waals surface area contributed by atoms with E-state index in [0.29, 0.717) is 6.04 Å². The van der Waals surface area contributed by atoms with Crippen molar-refractivity contribution in [3.8, 4) is 0 Å². The molecule has 0 bridgehead atoms. The fourth-order valence-electron chi connectivity index (χ4n) is 1.76. The summed E-state index contributed by atoms with van der Waals surface area (Å²) >= 11 is 0. The molecule has 1 saturated carbocycles. The van der Waals surface area contributed by atoms with Gasteiger partial charge in [-0.3, -0.25) is 14.8 Å². The monoisotopic (exact) mass is 203 g/mol. The summed E-state index contributed by atoms with van der Waals surface area (Å²) in [6.45, 7) is 0. The van der Waals surface area contributed by atoms with Crippen LogP contribution in [-0.4, -0.2) is 14.7 Å². The van der Waals surface area contributed by atoms with Crippen LogP contribution in [0, 0.1) is 10.1 Å². The van der Waals surface area contributed by atoms with Crippen molar-refractivity contribution in [3.05, 3.63) is 34.5 Å². The fourth-order valence-corrected chi connectivity index (χ4v) is 1.76. The number of non-ortho nitro benzene ring substituents is 1. The van der Waals surface area contributed by atoms with E-state index < -0.39 is 0 Å². The Kier molecular flexibility index (Phi) is 1.56. The van der Waals surface area contributed by atoms with Crippen molar-refractivity contribution in [3.63, 3.8) is 0 Å². The quantitative estimate of drug-likeness (QED) is 0.555. The number of aromatic nitrogens is 2. The Balaban J connectivity index is 2.17. The first kappa shape index (κ1) is 8.40. The minimum Gasteiger partial charge on any atom is -0.262 e. The van der Waals surface area contributed by atoms with Gasteiger partial charge in [0.2, 0.25) is 0 Å². The van der Waals surface area contributed by atoms with Gasteiger partial charge < -0.3 is 0 Å². The van der Waals surface area contributed by atoms with Crippen molar-refractivity contribution in [1.82, 2.24) is 9.78 Å². The van der Waals surface area contributed by atoms with E-state index in [0.717, 1.165) is 23.7 Å². The lowest BCUT2D eigenvalue weighted by atomic mass is 10.2. The van der Waals surface area contributed by atoms with E-state index in [1.54, 1.807) is 18.3 Å². The summed E-state index contributed by atoms with van der Waals surface area (Å²) in [5.41, 5.74) is 1.11. The Morgan fingerprint density at radius 2 is 2.27 bits per heavy atom. The summed E-state index contributed by atoms with van der Waals surface area (Å²) in [4.78, 5) is 10.2. The maximum absolute atomic E-state index is 10.6. The number of nitrogens with zero attached hydrogens (tertiary/aromatic N) is 3. The number of hydrogen-bond acceptors (Lipinski definition) is 3. The number of rotatable bonds is 2. The molecule has 1 aliphatic carbocycles. The maximum atomic E-state index is 10.6. The third kappa shape index (κ3) is 1.27. The molecule has 1 heterocycles. The molecule has 0 amide bonds. The molecule has 3 rings (SSSR count). The van der Waals surface area contributed by atoms with Crippen molar-refractivity contribution in [2.24, 2.45) is 0 Å². The first-order valence-corrected chi connectivity index (χ1v) is 4.87. The van der Waals surface area contributed by atoms with Gasteiger partial charge in [0.1, 0.15) is 0 Å². The van der Waals surface area contributed by atoms with Crippen molar-refractivity contribution >= 4 is 16.6 Å². The van der Waals surface area contributed by atoms with E-state index in [1.165, 1.54) is 6.07 Å². The molecule has 0 atom stereocenters. The molecule has 1 aromatic heterocycles. The highest BCUT2D eigenvalue weighted by atomic mass is 16.6. The van der Waals surface area contributed by atoms with Crippen LogP contribution in [0.2, 0.25) is 0 Å². The van der Waals surface area contributed by atoms with Gasteiger partial charge in [0.15, 0.2) is 0 Å². The second-order valence-corrected chi connectivity index (χ2v) is 3.82. The largest absolute Gasteiger partial charge is 0.270 e.